The fraction of sp³-hybridized carbons (Fsp3) is 0.696. The van der Waals surface area contributed by atoms with Gasteiger partial charge in [-0.3, -0.25) is 4.79 Å². The number of piperidine rings is 2. The van der Waals surface area contributed by atoms with E-state index in [4.69, 9.17) is 0 Å². The smallest absolute Gasteiger partial charge is 0.219 e. The van der Waals surface area contributed by atoms with E-state index in [0.717, 1.165) is 64.8 Å². The first-order chi connectivity index (χ1) is 12.9. The Labute approximate surface area is 165 Å². The molecule has 1 unspecified atom stereocenters. The third kappa shape index (κ3) is 5.79. The summed E-state index contributed by atoms with van der Waals surface area (Å²) in [6, 6.07) is 0. The Balaban J connectivity index is 1.88. The van der Waals surface area contributed by atoms with Gasteiger partial charge in [0.05, 0.1) is 6.10 Å². The summed E-state index contributed by atoms with van der Waals surface area (Å²) >= 11 is 0. The van der Waals surface area contributed by atoms with Gasteiger partial charge in [0.15, 0.2) is 0 Å². The van der Waals surface area contributed by atoms with Crippen LogP contribution in [0.2, 0.25) is 0 Å². The Bertz CT molecular complexity index is 551. The summed E-state index contributed by atoms with van der Waals surface area (Å²) in [6.45, 7) is 14.5. The van der Waals surface area contributed by atoms with Crippen LogP contribution in [0.4, 0.5) is 0 Å². The molecule has 2 fully saturated rings. The lowest BCUT2D eigenvalue weighted by Crippen LogP contribution is -2.47. The lowest BCUT2D eigenvalue weighted by atomic mass is 9.72. The molecule has 0 bridgehead atoms. The lowest BCUT2D eigenvalue weighted by molar-refractivity contribution is -0.130. The molecule has 0 aromatic carbocycles. The zero-order chi connectivity index (χ0) is 19.9. The molecule has 0 spiro atoms. The van der Waals surface area contributed by atoms with Crippen LogP contribution in [-0.4, -0.2) is 59.6 Å². The number of hydrogen-bond donors (Lipinski definition) is 1. The van der Waals surface area contributed by atoms with Crippen molar-refractivity contribution in [2.45, 2.75) is 59.0 Å². The maximum atomic E-state index is 11.5. The summed E-state index contributed by atoms with van der Waals surface area (Å²) in [7, 11) is 0. The monoisotopic (exact) mass is 374 g/mol. The van der Waals surface area contributed by atoms with Gasteiger partial charge in [0.2, 0.25) is 5.91 Å². The van der Waals surface area contributed by atoms with Gasteiger partial charge in [-0.1, -0.05) is 37.8 Å². The van der Waals surface area contributed by atoms with Gasteiger partial charge < -0.3 is 14.9 Å². The molecule has 2 rings (SSSR count). The summed E-state index contributed by atoms with van der Waals surface area (Å²) in [5, 5.41) is 10.7. The minimum absolute atomic E-state index is 0.0663. The van der Waals surface area contributed by atoms with Crippen molar-refractivity contribution in [3.05, 3.63) is 36.5 Å². The first-order valence-electron chi connectivity index (χ1n) is 10.6. The summed E-state index contributed by atoms with van der Waals surface area (Å²) in [4.78, 5) is 15.8. The number of nitrogens with zero attached hydrogens (tertiary/aromatic N) is 2. The topological polar surface area (TPSA) is 43.8 Å². The third-order valence-electron chi connectivity index (χ3n) is 6.40. The van der Waals surface area contributed by atoms with Crippen molar-refractivity contribution >= 4 is 5.91 Å². The van der Waals surface area contributed by atoms with Gasteiger partial charge in [-0.15, -0.1) is 0 Å². The van der Waals surface area contributed by atoms with Gasteiger partial charge in [-0.25, -0.2) is 0 Å². The van der Waals surface area contributed by atoms with E-state index >= 15 is 0 Å². The molecule has 152 valence electrons. The number of β-amino-alcohol motifs (C(OH)–C–C–N with tert-alkyl or cyclic N) is 1. The third-order valence-corrected chi connectivity index (χ3v) is 6.40. The molecule has 2 saturated heterocycles. The van der Waals surface area contributed by atoms with Crippen LogP contribution >= 0.6 is 0 Å². The van der Waals surface area contributed by atoms with Crippen LogP contribution < -0.4 is 0 Å². The summed E-state index contributed by atoms with van der Waals surface area (Å²) in [5.74, 6) is 0.460. The number of aliphatic hydroxyl groups excluding tert-OH is 1. The van der Waals surface area contributed by atoms with E-state index in [-0.39, 0.29) is 17.4 Å². The quantitative estimate of drug-likeness (QED) is 0.545. The van der Waals surface area contributed by atoms with Gasteiger partial charge in [0.1, 0.15) is 0 Å². The van der Waals surface area contributed by atoms with Gasteiger partial charge in [0, 0.05) is 32.0 Å². The molecule has 1 N–H and O–H groups in total. The predicted molar refractivity (Wildman–Crippen MR) is 112 cm³/mol. The number of amides is 1. The Morgan fingerprint density at radius 2 is 1.89 bits per heavy atom. The van der Waals surface area contributed by atoms with Crippen molar-refractivity contribution in [2.75, 3.05) is 32.7 Å². The van der Waals surface area contributed by atoms with E-state index in [0.29, 0.717) is 5.92 Å². The normalized spacial score (nSPS) is 23.2. The zero-order valence-electron chi connectivity index (χ0n) is 17.5. The second kappa shape index (κ2) is 10.2. The number of aliphatic hydroxyl groups is 1. The first kappa shape index (κ1) is 21.9. The van der Waals surface area contributed by atoms with E-state index in [1.54, 1.807) is 6.92 Å². The number of likely N-dealkylation sites (tertiary alicyclic amines) is 2. The van der Waals surface area contributed by atoms with Crippen molar-refractivity contribution in [1.29, 1.82) is 0 Å². The highest BCUT2D eigenvalue weighted by atomic mass is 16.3. The Hall–Kier alpha value is -1.39. The number of hydrogen-bond acceptors (Lipinski definition) is 3. The number of carbonyl (C=O) groups excluding carboxylic acids is 1. The highest BCUT2D eigenvalue weighted by Gasteiger charge is 2.35. The van der Waals surface area contributed by atoms with E-state index in [9.17, 15) is 9.90 Å². The average Bonchev–Trinajstić information content (AvgIpc) is 2.67. The van der Waals surface area contributed by atoms with Crippen molar-refractivity contribution in [1.82, 2.24) is 9.80 Å². The number of allylic oxidation sites excluding steroid dienone is 5. The molecule has 2 heterocycles. The molecule has 0 aromatic rings. The Kier molecular flexibility index (Phi) is 8.30. The highest BCUT2D eigenvalue weighted by Crippen LogP contribution is 2.40. The van der Waals surface area contributed by atoms with Gasteiger partial charge in [-0.05, 0) is 63.6 Å². The van der Waals surface area contributed by atoms with Gasteiger partial charge >= 0.3 is 0 Å². The lowest BCUT2D eigenvalue weighted by Gasteiger charge is -2.42. The van der Waals surface area contributed by atoms with Crippen LogP contribution in [0.1, 0.15) is 52.9 Å². The molecule has 0 aromatic heterocycles. The maximum Gasteiger partial charge on any atom is 0.219 e. The van der Waals surface area contributed by atoms with Crippen LogP contribution in [0, 0.1) is 11.3 Å². The molecule has 0 aliphatic carbocycles. The molecule has 0 saturated carbocycles. The van der Waals surface area contributed by atoms with E-state index in [1.165, 1.54) is 5.57 Å². The fourth-order valence-corrected chi connectivity index (χ4v) is 4.45. The minimum atomic E-state index is -0.295. The van der Waals surface area contributed by atoms with Crippen LogP contribution in [-0.2, 0) is 4.79 Å². The fourth-order valence-electron chi connectivity index (χ4n) is 4.45. The van der Waals surface area contributed by atoms with Crippen molar-refractivity contribution in [3.63, 3.8) is 0 Å². The molecule has 1 amide bonds. The Morgan fingerprint density at radius 3 is 2.41 bits per heavy atom. The SMILES string of the molecule is C=C(/C=C\C)C1(/C=C\CC)CCN(CC(O)C2CCN(C(C)=O)CC2)CC1. The van der Waals surface area contributed by atoms with E-state index in [2.05, 4.69) is 42.7 Å². The number of carbonyl (C=O) groups is 1. The van der Waals surface area contributed by atoms with Crippen molar-refractivity contribution < 1.29 is 9.90 Å². The maximum absolute atomic E-state index is 11.5. The molecule has 4 nitrogen and oxygen atoms in total. The standard InChI is InChI=1S/C23H38N2O2/c1-5-7-11-23(19(3)8-6-2)12-16-24(17-13-23)18-22(27)21-9-14-25(15-10-21)20(4)26/h6-8,11,21-22,27H,3,5,9-10,12-18H2,1-2,4H3/b8-6-,11-7-. The molecule has 0 radical (unpaired) electrons. The van der Waals surface area contributed by atoms with Crippen LogP contribution in [0.5, 0.6) is 0 Å². The molecular formula is C23H38N2O2. The van der Waals surface area contributed by atoms with Gasteiger partial charge in [-0.2, -0.15) is 0 Å². The molecule has 4 heteroatoms. The highest BCUT2D eigenvalue weighted by molar-refractivity contribution is 5.73. The summed E-state index contributed by atoms with van der Waals surface area (Å²) in [6.07, 6.45) is 13.5. The Morgan fingerprint density at radius 1 is 1.26 bits per heavy atom. The molecule has 2 aliphatic rings. The molecule has 1 atom stereocenters. The average molecular weight is 375 g/mol. The van der Waals surface area contributed by atoms with Crippen LogP contribution in [0.25, 0.3) is 0 Å². The first-order valence-corrected chi connectivity index (χ1v) is 10.6. The second-order valence-corrected chi connectivity index (χ2v) is 8.20. The van der Waals surface area contributed by atoms with Gasteiger partial charge in [0.25, 0.3) is 0 Å². The number of rotatable bonds is 7. The van der Waals surface area contributed by atoms with Crippen molar-refractivity contribution in [2.24, 2.45) is 11.3 Å². The predicted octanol–water partition coefficient (Wildman–Crippen LogP) is 3.79. The van der Waals surface area contributed by atoms with E-state index in [1.807, 2.05) is 11.8 Å². The minimum Gasteiger partial charge on any atom is -0.392 e. The molecule has 2 aliphatic heterocycles. The molecular weight excluding hydrogens is 336 g/mol. The summed E-state index contributed by atoms with van der Waals surface area (Å²) in [5.41, 5.74) is 1.27. The summed E-state index contributed by atoms with van der Waals surface area (Å²) < 4.78 is 0. The van der Waals surface area contributed by atoms with Crippen LogP contribution in [0.3, 0.4) is 0 Å². The molecule has 27 heavy (non-hydrogen) atoms. The van der Waals surface area contributed by atoms with Crippen LogP contribution in [0.15, 0.2) is 36.5 Å². The zero-order valence-corrected chi connectivity index (χ0v) is 17.5. The van der Waals surface area contributed by atoms with Crippen molar-refractivity contribution in [3.8, 4) is 0 Å². The van der Waals surface area contributed by atoms with E-state index < -0.39 is 0 Å². The second-order valence-electron chi connectivity index (χ2n) is 8.20. The largest absolute Gasteiger partial charge is 0.392 e.